The topological polar surface area (TPSA) is 115 Å². The summed E-state index contributed by atoms with van der Waals surface area (Å²) < 4.78 is 22.4. The number of hydrogen-bond donors (Lipinski definition) is 3. The van der Waals surface area contributed by atoms with Crippen molar-refractivity contribution in [2.75, 3.05) is 0 Å². The van der Waals surface area contributed by atoms with Gasteiger partial charge in [-0.05, 0) is 23.6 Å². The molecule has 1 rings (SSSR count). The lowest BCUT2D eigenvalue weighted by molar-refractivity contribution is -0.123. The minimum atomic E-state index is -3.73. The Morgan fingerprint density at radius 2 is 1.95 bits per heavy atom. The van der Waals surface area contributed by atoms with Gasteiger partial charge in [0.2, 0.25) is 15.9 Å². The van der Waals surface area contributed by atoms with E-state index in [-0.39, 0.29) is 35.7 Å². The molecule has 0 aliphatic rings. The molecule has 0 spiro atoms. The summed E-state index contributed by atoms with van der Waals surface area (Å²) in [6, 6.07) is 5.53. The van der Waals surface area contributed by atoms with Gasteiger partial charge < -0.3 is 11.1 Å². The van der Waals surface area contributed by atoms with Crippen molar-refractivity contribution in [2.24, 2.45) is 16.8 Å². The first kappa shape index (κ1) is 18.9. The molecule has 0 heterocycles. The third-order valence-electron chi connectivity index (χ3n) is 2.71. The van der Waals surface area contributed by atoms with Crippen molar-refractivity contribution < 1.29 is 13.2 Å². The van der Waals surface area contributed by atoms with Crippen LogP contribution in [0.2, 0.25) is 0 Å². The van der Waals surface area contributed by atoms with Crippen LogP contribution in [0.15, 0.2) is 29.2 Å². The van der Waals surface area contributed by atoms with Crippen molar-refractivity contribution in [3.05, 3.63) is 29.8 Å². The van der Waals surface area contributed by atoms with E-state index in [9.17, 15) is 13.2 Å². The van der Waals surface area contributed by atoms with Gasteiger partial charge in [0.15, 0.2) is 0 Å². The van der Waals surface area contributed by atoms with Crippen LogP contribution in [-0.2, 0) is 21.4 Å². The smallest absolute Gasteiger partial charge is 0.238 e. The van der Waals surface area contributed by atoms with Crippen molar-refractivity contribution >= 4 is 28.3 Å². The molecule has 8 heteroatoms. The Kier molecular flexibility index (Phi) is 7.15. The van der Waals surface area contributed by atoms with E-state index < -0.39 is 16.1 Å². The first-order valence-electron chi connectivity index (χ1n) is 5.87. The summed E-state index contributed by atoms with van der Waals surface area (Å²) in [4.78, 5) is 11.7. The Morgan fingerprint density at radius 1 is 1.35 bits per heavy atom. The molecule has 0 unspecified atom stereocenters. The summed E-state index contributed by atoms with van der Waals surface area (Å²) in [5.41, 5.74) is 6.34. The third kappa shape index (κ3) is 5.46. The molecule has 0 aliphatic carbocycles. The number of carbonyl (C=O) groups excluding carboxylic acids is 1. The maximum Gasteiger partial charge on any atom is 0.238 e. The maximum absolute atomic E-state index is 11.7. The molecule has 0 saturated carbocycles. The summed E-state index contributed by atoms with van der Waals surface area (Å²) in [5, 5.41) is 7.69. The van der Waals surface area contributed by atoms with Gasteiger partial charge in [-0.3, -0.25) is 4.79 Å². The number of primary sulfonamides is 1. The molecule has 0 aromatic heterocycles. The standard InChI is InChI=1S/C12H19N3O3S.ClH/c1-8(2)11(13)12(16)15-7-9-4-3-5-10(6-9)19(14,17)18;/h3-6,8,11H,7,13H2,1-2H3,(H,15,16)(H2,14,17,18);1H/t11-;/m0./s1. The van der Waals surface area contributed by atoms with Gasteiger partial charge in [0.1, 0.15) is 0 Å². The van der Waals surface area contributed by atoms with Crippen molar-refractivity contribution in [1.29, 1.82) is 0 Å². The van der Waals surface area contributed by atoms with Crippen LogP contribution in [0.4, 0.5) is 0 Å². The van der Waals surface area contributed by atoms with Gasteiger partial charge in [-0.2, -0.15) is 0 Å². The number of carbonyl (C=O) groups is 1. The fraction of sp³-hybridized carbons (Fsp3) is 0.417. The van der Waals surface area contributed by atoms with Crippen LogP contribution in [0, 0.1) is 5.92 Å². The molecule has 1 atom stereocenters. The van der Waals surface area contributed by atoms with E-state index in [2.05, 4.69) is 5.32 Å². The number of amides is 1. The summed E-state index contributed by atoms with van der Waals surface area (Å²) >= 11 is 0. The van der Waals surface area contributed by atoms with Crippen LogP contribution >= 0.6 is 12.4 Å². The zero-order valence-electron chi connectivity index (χ0n) is 11.4. The van der Waals surface area contributed by atoms with Crippen molar-refractivity contribution in [1.82, 2.24) is 5.32 Å². The quantitative estimate of drug-likeness (QED) is 0.726. The predicted molar refractivity (Wildman–Crippen MR) is 79.7 cm³/mol. The SMILES string of the molecule is CC(C)[C@H](N)C(=O)NCc1cccc(S(N)(=O)=O)c1.Cl. The molecule has 0 fully saturated rings. The number of hydrogen-bond acceptors (Lipinski definition) is 4. The molecule has 1 aromatic carbocycles. The minimum absolute atomic E-state index is 0. The number of halogens is 1. The zero-order valence-corrected chi connectivity index (χ0v) is 13.0. The highest BCUT2D eigenvalue weighted by atomic mass is 35.5. The minimum Gasteiger partial charge on any atom is -0.351 e. The van der Waals surface area contributed by atoms with E-state index in [1.54, 1.807) is 12.1 Å². The second kappa shape index (κ2) is 7.58. The van der Waals surface area contributed by atoms with E-state index in [0.717, 1.165) is 0 Å². The zero-order chi connectivity index (χ0) is 14.6. The van der Waals surface area contributed by atoms with Crippen molar-refractivity contribution in [2.45, 2.75) is 31.3 Å². The third-order valence-corrected chi connectivity index (χ3v) is 3.63. The number of benzene rings is 1. The lowest BCUT2D eigenvalue weighted by Crippen LogP contribution is -2.43. The molecular weight excluding hydrogens is 302 g/mol. The van der Waals surface area contributed by atoms with Crippen LogP contribution in [0.5, 0.6) is 0 Å². The van der Waals surface area contributed by atoms with Gasteiger partial charge in [-0.15, -0.1) is 12.4 Å². The summed E-state index contributed by atoms with van der Waals surface area (Å²) in [6.07, 6.45) is 0. The van der Waals surface area contributed by atoms with Crippen LogP contribution in [0.25, 0.3) is 0 Å². The predicted octanol–water partition coefficient (Wildman–Crippen LogP) is 0.355. The van der Waals surface area contributed by atoms with Crippen molar-refractivity contribution in [3.63, 3.8) is 0 Å². The lowest BCUT2D eigenvalue weighted by Gasteiger charge is -2.15. The van der Waals surface area contributed by atoms with Crippen LogP contribution in [0.1, 0.15) is 19.4 Å². The largest absolute Gasteiger partial charge is 0.351 e. The molecule has 20 heavy (non-hydrogen) atoms. The monoisotopic (exact) mass is 321 g/mol. The van der Waals surface area contributed by atoms with Gasteiger partial charge in [0.25, 0.3) is 0 Å². The number of sulfonamides is 1. The molecule has 0 radical (unpaired) electrons. The first-order valence-corrected chi connectivity index (χ1v) is 7.41. The first-order chi connectivity index (χ1) is 8.71. The lowest BCUT2D eigenvalue weighted by atomic mass is 10.0. The molecule has 0 bridgehead atoms. The Labute approximate surface area is 125 Å². The molecule has 1 aromatic rings. The van der Waals surface area contributed by atoms with Gasteiger partial charge in [-0.1, -0.05) is 26.0 Å². The maximum atomic E-state index is 11.7. The summed E-state index contributed by atoms with van der Waals surface area (Å²) in [5.74, 6) is -0.230. The molecular formula is C12H20ClN3O3S. The van der Waals surface area contributed by atoms with Gasteiger partial charge >= 0.3 is 0 Å². The highest BCUT2D eigenvalue weighted by molar-refractivity contribution is 7.89. The van der Waals surface area contributed by atoms with Crippen LogP contribution in [-0.4, -0.2) is 20.4 Å². The van der Waals surface area contributed by atoms with E-state index >= 15 is 0 Å². The number of nitrogens with two attached hydrogens (primary N) is 2. The normalized spacial score (nSPS) is 12.7. The molecule has 1 amide bonds. The highest BCUT2D eigenvalue weighted by Gasteiger charge is 2.16. The van der Waals surface area contributed by atoms with E-state index in [1.165, 1.54) is 12.1 Å². The van der Waals surface area contributed by atoms with E-state index in [4.69, 9.17) is 10.9 Å². The van der Waals surface area contributed by atoms with E-state index in [0.29, 0.717) is 5.56 Å². The van der Waals surface area contributed by atoms with E-state index in [1.807, 2.05) is 13.8 Å². The fourth-order valence-corrected chi connectivity index (χ4v) is 2.03. The molecule has 114 valence electrons. The van der Waals surface area contributed by atoms with Crippen LogP contribution in [0.3, 0.4) is 0 Å². The Balaban J connectivity index is 0.00000361. The highest BCUT2D eigenvalue weighted by Crippen LogP contribution is 2.09. The molecule has 0 aliphatic heterocycles. The number of rotatable bonds is 5. The summed E-state index contributed by atoms with van der Waals surface area (Å²) in [7, 11) is -3.73. The Bertz CT molecular complexity index is 561. The average molecular weight is 322 g/mol. The number of nitrogens with one attached hydrogen (secondary N) is 1. The van der Waals surface area contributed by atoms with Gasteiger partial charge in [0, 0.05) is 6.54 Å². The summed E-state index contributed by atoms with van der Waals surface area (Å²) in [6.45, 7) is 3.92. The van der Waals surface area contributed by atoms with Gasteiger partial charge in [-0.25, -0.2) is 13.6 Å². The van der Waals surface area contributed by atoms with Crippen molar-refractivity contribution in [3.8, 4) is 0 Å². The molecule has 6 nitrogen and oxygen atoms in total. The van der Waals surface area contributed by atoms with Crippen LogP contribution < -0.4 is 16.2 Å². The molecule has 0 saturated heterocycles. The Hall–Kier alpha value is -1.15. The fourth-order valence-electron chi connectivity index (χ4n) is 1.44. The van der Waals surface area contributed by atoms with Gasteiger partial charge in [0.05, 0.1) is 10.9 Å². The molecule has 5 N–H and O–H groups in total. The average Bonchev–Trinajstić information content (AvgIpc) is 2.34. The Morgan fingerprint density at radius 3 is 2.45 bits per heavy atom. The second-order valence-corrected chi connectivity index (χ2v) is 6.24. The second-order valence-electron chi connectivity index (χ2n) is 4.68.